The summed E-state index contributed by atoms with van der Waals surface area (Å²) in [4.78, 5) is 23.9. The van der Waals surface area contributed by atoms with Crippen LogP contribution in [0.25, 0.3) is 0 Å². The van der Waals surface area contributed by atoms with Crippen LogP contribution in [0.3, 0.4) is 0 Å². The predicted molar refractivity (Wildman–Crippen MR) is 109 cm³/mol. The van der Waals surface area contributed by atoms with Gasteiger partial charge in [-0.3, -0.25) is 9.59 Å². The zero-order valence-corrected chi connectivity index (χ0v) is 17.1. The molecular weight excluding hydrogens is 358 g/mol. The molecule has 1 aromatic rings. The van der Waals surface area contributed by atoms with E-state index < -0.39 is 5.54 Å². The Morgan fingerprint density at radius 1 is 1.16 bits per heavy atom. The Morgan fingerprint density at radius 3 is 2.24 bits per heavy atom. The van der Waals surface area contributed by atoms with Crippen LogP contribution >= 0.6 is 24.2 Å². The van der Waals surface area contributed by atoms with E-state index in [-0.39, 0.29) is 35.7 Å². The summed E-state index contributed by atoms with van der Waals surface area (Å²) < 4.78 is 0. The molecule has 4 N–H and O–H groups in total. The maximum atomic E-state index is 12.1. The first-order valence-corrected chi connectivity index (χ1v) is 9.35. The molecule has 1 rings (SSSR count). The Balaban J connectivity index is 0.00000576. The van der Waals surface area contributed by atoms with Gasteiger partial charge in [0.1, 0.15) is 0 Å². The molecule has 0 radical (unpaired) electrons. The first kappa shape index (κ1) is 23.8. The fraction of sp³-hybridized carbons (Fsp3) is 0.556. The molecule has 0 heterocycles. The minimum absolute atomic E-state index is 0. The SMILES string of the molecule is Cc1ccc(NC(=O)CSCC(=O)NC(C)(CN)CC(C)C)cc1.Cl. The molecule has 0 aromatic heterocycles. The number of carbonyl (C=O) groups is 2. The summed E-state index contributed by atoms with van der Waals surface area (Å²) in [5.41, 5.74) is 7.31. The number of halogens is 1. The second-order valence-electron chi connectivity index (χ2n) is 6.82. The maximum absolute atomic E-state index is 12.1. The van der Waals surface area contributed by atoms with Crippen molar-refractivity contribution < 1.29 is 9.59 Å². The molecule has 5 nitrogen and oxygen atoms in total. The summed E-state index contributed by atoms with van der Waals surface area (Å²) in [6.07, 6.45) is 0.827. The van der Waals surface area contributed by atoms with E-state index in [9.17, 15) is 9.59 Å². The van der Waals surface area contributed by atoms with Crippen molar-refractivity contribution in [1.29, 1.82) is 0 Å². The number of hydrogen-bond donors (Lipinski definition) is 3. The summed E-state index contributed by atoms with van der Waals surface area (Å²) in [6, 6.07) is 7.61. The number of rotatable bonds is 9. The summed E-state index contributed by atoms with van der Waals surface area (Å²) in [5.74, 6) is 0.740. The third-order valence-electron chi connectivity index (χ3n) is 3.55. The standard InChI is InChI=1S/C18H29N3O2S.ClH/c1-13(2)9-18(4,12-19)21-17(23)11-24-10-16(22)20-15-7-5-14(3)6-8-15;/h5-8,13H,9-12,19H2,1-4H3,(H,20,22)(H,21,23);1H. The van der Waals surface area contributed by atoms with Crippen molar-refractivity contribution in [2.75, 3.05) is 23.4 Å². The molecule has 25 heavy (non-hydrogen) atoms. The van der Waals surface area contributed by atoms with Gasteiger partial charge in [0.15, 0.2) is 0 Å². The molecule has 0 saturated carbocycles. The Bertz CT molecular complexity index is 552. The van der Waals surface area contributed by atoms with Crippen LogP contribution in [0.15, 0.2) is 24.3 Å². The second kappa shape index (κ2) is 11.4. The summed E-state index contributed by atoms with van der Waals surface area (Å²) in [5, 5.41) is 5.80. The first-order chi connectivity index (χ1) is 11.2. The minimum atomic E-state index is -0.393. The monoisotopic (exact) mass is 387 g/mol. The highest BCUT2D eigenvalue weighted by Crippen LogP contribution is 2.16. The van der Waals surface area contributed by atoms with Crippen molar-refractivity contribution in [3.05, 3.63) is 29.8 Å². The van der Waals surface area contributed by atoms with Gasteiger partial charge < -0.3 is 16.4 Å². The molecule has 0 spiro atoms. The predicted octanol–water partition coefficient (Wildman–Crippen LogP) is 2.97. The van der Waals surface area contributed by atoms with Gasteiger partial charge in [0.25, 0.3) is 0 Å². The number of anilines is 1. The van der Waals surface area contributed by atoms with E-state index in [1.165, 1.54) is 11.8 Å². The number of nitrogens with one attached hydrogen (secondary N) is 2. The number of carbonyl (C=O) groups excluding carboxylic acids is 2. The van der Waals surface area contributed by atoms with E-state index in [2.05, 4.69) is 24.5 Å². The molecule has 1 aromatic carbocycles. The van der Waals surface area contributed by atoms with Crippen molar-refractivity contribution in [3.8, 4) is 0 Å². The van der Waals surface area contributed by atoms with Gasteiger partial charge in [-0.05, 0) is 38.3 Å². The highest BCUT2D eigenvalue weighted by atomic mass is 35.5. The van der Waals surface area contributed by atoms with Crippen molar-refractivity contribution in [3.63, 3.8) is 0 Å². The average Bonchev–Trinajstić information content (AvgIpc) is 2.48. The topological polar surface area (TPSA) is 84.2 Å². The van der Waals surface area contributed by atoms with Crippen LogP contribution in [-0.2, 0) is 9.59 Å². The first-order valence-electron chi connectivity index (χ1n) is 8.19. The molecule has 1 atom stereocenters. The van der Waals surface area contributed by atoms with Crippen LogP contribution in [0.4, 0.5) is 5.69 Å². The van der Waals surface area contributed by atoms with Crippen LogP contribution in [0, 0.1) is 12.8 Å². The number of nitrogens with two attached hydrogens (primary N) is 1. The third-order valence-corrected chi connectivity index (χ3v) is 4.48. The fourth-order valence-electron chi connectivity index (χ4n) is 2.53. The Morgan fingerprint density at radius 2 is 1.72 bits per heavy atom. The van der Waals surface area contributed by atoms with Crippen molar-refractivity contribution in [2.24, 2.45) is 11.7 Å². The highest BCUT2D eigenvalue weighted by molar-refractivity contribution is 8.00. The van der Waals surface area contributed by atoms with Crippen LogP contribution in [0.1, 0.15) is 32.8 Å². The second-order valence-corrected chi connectivity index (χ2v) is 7.80. The fourth-order valence-corrected chi connectivity index (χ4v) is 3.15. The summed E-state index contributed by atoms with van der Waals surface area (Å²) in [6.45, 7) is 8.55. The normalized spacial score (nSPS) is 12.9. The third kappa shape index (κ3) is 9.72. The van der Waals surface area contributed by atoms with Gasteiger partial charge in [0.05, 0.1) is 11.5 Å². The number of benzene rings is 1. The van der Waals surface area contributed by atoms with Gasteiger partial charge in [-0.15, -0.1) is 24.2 Å². The minimum Gasteiger partial charge on any atom is -0.349 e. The molecule has 0 saturated heterocycles. The van der Waals surface area contributed by atoms with E-state index in [4.69, 9.17) is 5.73 Å². The lowest BCUT2D eigenvalue weighted by Crippen LogP contribution is -2.52. The molecule has 0 bridgehead atoms. The highest BCUT2D eigenvalue weighted by Gasteiger charge is 2.25. The quantitative estimate of drug-likeness (QED) is 0.608. The van der Waals surface area contributed by atoms with Crippen molar-refractivity contribution in [1.82, 2.24) is 5.32 Å². The van der Waals surface area contributed by atoms with E-state index >= 15 is 0 Å². The number of thioether (sulfide) groups is 1. The molecule has 0 aliphatic rings. The lowest BCUT2D eigenvalue weighted by Gasteiger charge is -2.31. The molecule has 2 amide bonds. The molecule has 1 unspecified atom stereocenters. The average molecular weight is 388 g/mol. The lowest BCUT2D eigenvalue weighted by atomic mass is 9.91. The van der Waals surface area contributed by atoms with Gasteiger partial charge >= 0.3 is 0 Å². The van der Waals surface area contributed by atoms with Crippen LogP contribution in [0.5, 0.6) is 0 Å². The number of aryl methyl sites for hydroxylation is 1. The van der Waals surface area contributed by atoms with Crippen molar-refractivity contribution in [2.45, 2.75) is 39.7 Å². The Labute approximate surface area is 161 Å². The van der Waals surface area contributed by atoms with E-state index in [0.29, 0.717) is 12.5 Å². The Hall–Kier alpha value is -1.24. The smallest absolute Gasteiger partial charge is 0.234 e. The maximum Gasteiger partial charge on any atom is 0.234 e. The van der Waals surface area contributed by atoms with Crippen LogP contribution in [0.2, 0.25) is 0 Å². The van der Waals surface area contributed by atoms with Crippen LogP contribution in [-0.4, -0.2) is 35.4 Å². The lowest BCUT2D eigenvalue weighted by molar-refractivity contribution is -0.120. The Kier molecular flexibility index (Phi) is 10.8. The van der Waals surface area contributed by atoms with Gasteiger partial charge in [-0.25, -0.2) is 0 Å². The summed E-state index contributed by atoms with van der Waals surface area (Å²) in [7, 11) is 0. The number of amides is 2. The largest absolute Gasteiger partial charge is 0.349 e. The zero-order valence-electron chi connectivity index (χ0n) is 15.4. The van der Waals surface area contributed by atoms with E-state index in [1.54, 1.807) is 0 Å². The molecule has 0 aliphatic carbocycles. The molecular formula is C18H30ClN3O2S. The molecule has 7 heteroatoms. The van der Waals surface area contributed by atoms with Gasteiger partial charge in [0.2, 0.25) is 11.8 Å². The summed E-state index contributed by atoms with van der Waals surface area (Å²) >= 11 is 1.30. The van der Waals surface area contributed by atoms with E-state index in [0.717, 1.165) is 17.7 Å². The molecule has 0 aliphatic heterocycles. The molecule has 0 fully saturated rings. The van der Waals surface area contributed by atoms with Crippen molar-refractivity contribution >= 4 is 41.7 Å². The van der Waals surface area contributed by atoms with Crippen LogP contribution < -0.4 is 16.4 Å². The van der Waals surface area contributed by atoms with Gasteiger partial charge in [-0.1, -0.05) is 31.5 Å². The molecule has 142 valence electrons. The zero-order chi connectivity index (χ0) is 18.2. The van der Waals surface area contributed by atoms with Gasteiger partial charge in [-0.2, -0.15) is 0 Å². The van der Waals surface area contributed by atoms with Gasteiger partial charge in [0, 0.05) is 17.8 Å². The van der Waals surface area contributed by atoms with E-state index in [1.807, 2.05) is 38.1 Å². The number of hydrogen-bond acceptors (Lipinski definition) is 4.